The van der Waals surface area contributed by atoms with Gasteiger partial charge in [0.15, 0.2) is 0 Å². The maximum absolute atomic E-state index is 9.99. The highest BCUT2D eigenvalue weighted by Gasteiger charge is 2.06. The molecular formula is C17H20O2. The number of benzene rings is 2. The lowest BCUT2D eigenvalue weighted by atomic mass is 10.0. The molecule has 0 saturated heterocycles. The van der Waals surface area contributed by atoms with Crippen LogP contribution in [0.2, 0.25) is 0 Å². The van der Waals surface area contributed by atoms with Gasteiger partial charge in [-0.1, -0.05) is 50.1 Å². The standard InChI is InChI=1S/C17H20O2/c1-2-3-9-17(18)14-10-12-16(13-11-14)19-15-7-5-4-6-8-15/h4-8,10-13,17-18H,2-3,9H2,1H3. The van der Waals surface area contributed by atoms with Crippen LogP contribution in [0.25, 0.3) is 0 Å². The first kappa shape index (κ1) is 13.6. The Kier molecular flexibility index (Phi) is 4.99. The van der Waals surface area contributed by atoms with Crippen LogP contribution >= 0.6 is 0 Å². The molecule has 0 saturated carbocycles. The number of hydrogen-bond donors (Lipinski definition) is 1. The number of aliphatic hydroxyl groups is 1. The van der Waals surface area contributed by atoms with Crippen LogP contribution in [0.5, 0.6) is 11.5 Å². The van der Waals surface area contributed by atoms with Gasteiger partial charge in [0.25, 0.3) is 0 Å². The molecule has 0 aliphatic carbocycles. The van der Waals surface area contributed by atoms with Gasteiger partial charge >= 0.3 is 0 Å². The molecule has 2 aromatic carbocycles. The van der Waals surface area contributed by atoms with Crippen molar-refractivity contribution in [2.24, 2.45) is 0 Å². The van der Waals surface area contributed by atoms with Gasteiger partial charge in [0.2, 0.25) is 0 Å². The van der Waals surface area contributed by atoms with E-state index in [1.54, 1.807) is 0 Å². The minimum Gasteiger partial charge on any atom is -0.457 e. The lowest BCUT2D eigenvalue weighted by Gasteiger charge is -2.11. The smallest absolute Gasteiger partial charge is 0.127 e. The molecule has 0 bridgehead atoms. The highest BCUT2D eigenvalue weighted by atomic mass is 16.5. The SMILES string of the molecule is CCCCC(O)c1ccc(Oc2ccccc2)cc1. The maximum Gasteiger partial charge on any atom is 0.127 e. The van der Waals surface area contributed by atoms with Gasteiger partial charge in [0, 0.05) is 0 Å². The Hall–Kier alpha value is -1.80. The Bertz CT molecular complexity index is 476. The third-order valence-electron chi connectivity index (χ3n) is 3.07. The van der Waals surface area contributed by atoms with E-state index in [4.69, 9.17) is 4.74 Å². The number of rotatable bonds is 6. The Balaban J connectivity index is 1.98. The normalized spacial score (nSPS) is 12.1. The molecule has 0 aliphatic rings. The van der Waals surface area contributed by atoms with Crippen LogP contribution in [0.3, 0.4) is 0 Å². The summed E-state index contributed by atoms with van der Waals surface area (Å²) in [5, 5.41) is 9.99. The van der Waals surface area contributed by atoms with Crippen molar-refractivity contribution in [2.45, 2.75) is 32.3 Å². The van der Waals surface area contributed by atoms with Crippen molar-refractivity contribution in [3.05, 3.63) is 60.2 Å². The zero-order valence-electron chi connectivity index (χ0n) is 11.3. The van der Waals surface area contributed by atoms with Gasteiger partial charge in [-0.3, -0.25) is 0 Å². The zero-order chi connectivity index (χ0) is 13.5. The molecule has 0 fully saturated rings. The van der Waals surface area contributed by atoms with Crippen LogP contribution < -0.4 is 4.74 Å². The fraction of sp³-hybridized carbons (Fsp3) is 0.294. The van der Waals surface area contributed by atoms with Crippen molar-refractivity contribution >= 4 is 0 Å². The van der Waals surface area contributed by atoms with Gasteiger partial charge in [-0.05, 0) is 36.2 Å². The van der Waals surface area contributed by atoms with Crippen LogP contribution in [0.1, 0.15) is 37.9 Å². The summed E-state index contributed by atoms with van der Waals surface area (Å²) in [6.45, 7) is 2.13. The molecule has 2 rings (SSSR count). The van der Waals surface area contributed by atoms with Crippen LogP contribution in [0.15, 0.2) is 54.6 Å². The molecule has 2 heteroatoms. The average molecular weight is 256 g/mol. The van der Waals surface area contributed by atoms with Crippen molar-refractivity contribution in [1.82, 2.24) is 0 Å². The Labute approximate surface area is 114 Å². The van der Waals surface area contributed by atoms with Crippen molar-refractivity contribution in [1.29, 1.82) is 0 Å². The number of unbranched alkanes of at least 4 members (excludes halogenated alkanes) is 1. The number of aliphatic hydroxyl groups excluding tert-OH is 1. The maximum atomic E-state index is 9.99. The van der Waals surface area contributed by atoms with E-state index in [2.05, 4.69) is 6.92 Å². The van der Waals surface area contributed by atoms with Crippen LogP contribution in [0, 0.1) is 0 Å². The van der Waals surface area contributed by atoms with E-state index in [1.165, 1.54) is 0 Å². The molecular weight excluding hydrogens is 236 g/mol. The van der Waals surface area contributed by atoms with E-state index in [0.717, 1.165) is 36.3 Å². The second-order valence-corrected chi connectivity index (χ2v) is 4.64. The summed E-state index contributed by atoms with van der Waals surface area (Å²) >= 11 is 0. The number of para-hydroxylation sites is 1. The quantitative estimate of drug-likeness (QED) is 0.811. The Morgan fingerprint density at radius 1 is 0.947 bits per heavy atom. The molecule has 19 heavy (non-hydrogen) atoms. The summed E-state index contributed by atoms with van der Waals surface area (Å²) in [5.74, 6) is 1.61. The average Bonchev–Trinajstić information content (AvgIpc) is 2.46. The van der Waals surface area contributed by atoms with Crippen LogP contribution in [-0.4, -0.2) is 5.11 Å². The predicted octanol–water partition coefficient (Wildman–Crippen LogP) is 4.70. The van der Waals surface area contributed by atoms with Gasteiger partial charge in [-0.15, -0.1) is 0 Å². The summed E-state index contributed by atoms with van der Waals surface area (Å²) < 4.78 is 5.71. The Morgan fingerprint density at radius 3 is 2.21 bits per heavy atom. The summed E-state index contributed by atoms with van der Waals surface area (Å²) in [7, 11) is 0. The van der Waals surface area contributed by atoms with E-state index in [0.29, 0.717) is 0 Å². The van der Waals surface area contributed by atoms with E-state index in [1.807, 2.05) is 54.6 Å². The second kappa shape index (κ2) is 6.95. The zero-order valence-corrected chi connectivity index (χ0v) is 11.3. The van der Waals surface area contributed by atoms with E-state index < -0.39 is 0 Å². The molecule has 0 radical (unpaired) electrons. The van der Waals surface area contributed by atoms with Crippen LogP contribution in [-0.2, 0) is 0 Å². The van der Waals surface area contributed by atoms with Crippen LogP contribution in [0.4, 0.5) is 0 Å². The lowest BCUT2D eigenvalue weighted by molar-refractivity contribution is 0.164. The topological polar surface area (TPSA) is 29.5 Å². The van der Waals surface area contributed by atoms with Gasteiger partial charge < -0.3 is 9.84 Å². The first-order valence-electron chi connectivity index (χ1n) is 6.80. The molecule has 0 aromatic heterocycles. The minimum absolute atomic E-state index is 0.370. The molecule has 0 heterocycles. The van der Waals surface area contributed by atoms with Crippen molar-refractivity contribution < 1.29 is 9.84 Å². The summed E-state index contributed by atoms with van der Waals surface area (Å²) in [6.07, 6.45) is 2.59. The number of hydrogen-bond acceptors (Lipinski definition) is 2. The summed E-state index contributed by atoms with van der Waals surface area (Å²) in [6, 6.07) is 17.3. The number of ether oxygens (including phenoxy) is 1. The van der Waals surface area contributed by atoms with Crippen molar-refractivity contribution in [2.75, 3.05) is 0 Å². The molecule has 1 N–H and O–H groups in total. The molecule has 100 valence electrons. The van der Waals surface area contributed by atoms with Crippen molar-refractivity contribution in [3.8, 4) is 11.5 Å². The fourth-order valence-corrected chi connectivity index (χ4v) is 1.95. The summed E-state index contributed by atoms with van der Waals surface area (Å²) in [4.78, 5) is 0. The van der Waals surface area contributed by atoms with Gasteiger partial charge in [0.1, 0.15) is 11.5 Å². The van der Waals surface area contributed by atoms with Gasteiger partial charge in [0.05, 0.1) is 6.10 Å². The van der Waals surface area contributed by atoms with E-state index in [-0.39, 0.29) is 6.10 Å². The summed E-state index contributed by atoms with van der Waals surface area (Å²) in [5.41, 5.74) is 0.953. The van der Waals surface area contributed by atoms with E-state index >= 15 is 0 Å². The molecule has 2 nitrogen and oxygen atoms in total. The Morgan fingerprint density at radius 2 is 1.58 bits per heavy atom. The molecule has 1 unspecified atom stereocenters. The first-order valence-corrected chi connectivity index (χ1v) is 6.80. The van der Waals surface area contributed by atoms with E-state index in [9.17, 15) is 5.11 Å². The minimum atomic E-state index is -0.370. The van der Waals surface area contributed by atoms with Crippen molar-refractivity contribution in [3.63, 3.8) is 0 Å². The monoisotopic (exact) mass is 256 g/mol. The highest BCUT2D eigenvalue weighted by molar-refractivity contribution is 5.33. The molecule has 0 spiro atoms. The molecule has 0 amide bonds. The largest absolute Gasteiger partial charge is 0.457 e. The lowest BCUT2D eigenvalue weighted by Crippen LogP contribution is -1.96. The third-order valence-corrected chi connectivity index (χ3v) is 3.07. The predicted molar refractivity (Wildman–Crippen MR) is 77.4 cm³/mol. The highest BCUT2D eigenvalue weighted by Crippen LogP contribution is 2.25. The molecule has 1 atom stereocenters. The first-order chi connectivity index (χ1) is 9.29. The molecule has 0 aliphatic heterocycles. The third kappa shape index (κ3) is 4.11. The second-order valence-electron chi connectivity index (χ2n) is 4.64. The fourth-order valence-electron chi connectivity index (χ4n) is 1.95. The van der Waals surface area contributed by atoms with Gasteiger partial charge in [-0.2, -0.15) is 0 Å². The molecule has 2 aromatic rings. The van der Waals surface area contributed by atoms with Gasteiger partial charge in [-0.25, -0.2) is 0 Å².